The molecular formula is C10H8BrF3O. The van der Waals surface area contributed by atoms with Gasteiger partial charge in [0.05, 0.1) is 10.4 Å². The van der Waals surface area contributed by atoms with Crippen molar-refractivity contribution in [3.05, 3.63) is 35.4 Å². The molecule has 1 aromatic carbocycles. The van der Waals surface area contributed by atoms with Crippen LogP contribution in [0.15, 0.2) is 24.3 Å². The monoisotopic (exact) mass is 280 g/mol. The largest absolute Gasteiger partial charge is 0.416 e. The molecule has 0 bridgehead atoms. The third kappa shape index (κ3) is 3.06. The standard InChI is InChI=1S/C10H8BrF3O/c1-6(15)9(11)7-3-2-4-8(5-7)10(12,13)14/h2-5,9H,1H3. The molecule has 1 unspecified atom stereocenters. The van der Waals surface area contributed by atoms with Gasteiger partial charge in [-0.15, -0.1) is 0 Å². The van der Waals surface area contributed by atoms with Gasteiger partial charge < -0.3 is 0 Å². The number of Topliss-reactive ketones (excluding diaryl/α,β-unsaturated/α-hetero) is 1. The Kier molecular flexibility index (Phi) is 3.54. The van der Waals surface area contributed by atoms with Crippen LogP contribution in [0, 0.1) is 0 Å². The summed E-state index contributed by atoms with van der Waals surface area (Å²) in [5.41, 5.74) is -0.428. The topological polar surface area (TPSA) is 17.1 Å². The first-order valence-electron chi connectivity index (χ1n) is 4.14. The first-order valence-corrected chi connectivity index (χ1v) is 5.05. The van der Waals surface area contributed by atoms with Gasteiger partial charge in [0, 0.05) is 0 Å². The molecule has 0 fully saturated rings. The van der Waals surface area contributed by atoms with Crippen molar-refractivity contribution in [3.63, 3.8) is 0 Å². The Morgan fingerprint density at radius 3 is 2.47 bits per heavy atom. The third-order valence-corrected chi connectivity index (χ3v) is 3.04. The van der Waals surface area contributed by atoms with E-state index >= 15 is 0 Å². The minimum absolute atomic E-state index is 0.227. The predicted molar refractivity (Wildman–Crippen MR) is 53.8 cm³/mol. The number of hydrogen-bond acceptors (Lipinski definition) is 1. The molecule has 1 aromatic rings. The van der Waals surface area contributed by atoms with Gasteiger partial charge in [-0.3, -0.25) is 4.79 Å². The van der Waals surface area contributed by atoms with Crippen LogP contribution in [0.2, 0.25) is 0 Å². The van der Waals surface area contributed by atoms with Crippen LogP contribution in [-0.4, -0.2) is 5.78 Å². The van der Waals surface area contributed by atoms with Gasteiger partial charge in [-0.2, -0.15) is 13.2 Å². The number of benzene rings is 1. The average molecular weight is 281 g/mol. The number of halogens is 4. The highest BCUT2D eigenvalue weighted by Gasteiger charge is 2.31. The zero-order valence-corrected chi connectivity index (χ0v) is 9.39. The number of rotatable bonds is 2. The van der Waals surface area contributed by atoms with Crippen molar-refractivity contribution >= 4 is 21.7 Å². The van der Waals surface area contributed by atoms with E-state index in [9.17, 15) is 18.0 Å². The molecule has 0 aliphatic heterocycles. The highest BCUT2D eigenvalue weighted by Crippen LogP contribution is 2.32. The molecule has 1 rings (SSSR count). The van der Waals surface area contributed by atoms with Crippen molar-refractivity contribution in [2.24, 2.45) is 0 Å². The second-order valence-corrected chi connectivity index (χ2v) is 4.01. The Balaban J connectivity index is 3.08. The van der Waals surface area contributed by atoms with Gasteiger partial charge in [0.15, 0.2) is 0 Å². The lowest BCUT2D eigenvalue weighted by molar-refractivity contribution is -0.137. The van der Waals surface area contributed by atoms with Crippen LogP contribution in [0.25, 0.3) is 0 Å². The maximum Gasteiger partial charge on any atom is 0.416 e. The number of hydrogen-bond donors (Lipinski definition) is 0. The lowest BCUT2D eigenvalue weighted by Gasteiger charge is -2.10. The summed E-state index contributed by atoms with van der Waals surface area (Å²) in [6.45, 7) is 1.32. The van der Waals surface area contributed by atoms with Crippen molar-refractivity contribution in [1.29, 1.82) is 0 Å². The summed E-state index contributed by atoms with van der Waals surface area (Å²) in [5.74, 6) is -0.227. The van der Waals surface area contributed by atoms with E-state index in [0.717, 1.165) is 12.1 Å². The summed E-state index contributed by atoms with van der Waals surface area (Å²) in [6.07, 6.45) is -4.38. The summed E-state index contributed by atoms with van der Waals surface area (Å²) in [4.78, 5) is 10.3. The highest BCUT2D eigenvalue weighted by atomic mass is 79.9. The fourth-order valence-electron chi connectivity index (χ4n) is 1.11. The molecule has 15 heavy (non-hydrogen) atoms. The minimum Gasteiger partial charge on any atom is -0.298 e. The van der Waals surface area contributed by atoms with E-state index in [1.54, 1.807) is 0 Å². The van der Waals surface area contributed by atoms with E-state index < -0.39 is 16.6 Å². The van der Waals surface area contributed by atoms with E-state index in [-0.39, 0.29) is 5.78 Å². The SMILES string of the molecule is CC(=O)C(Br)c1cccc(C(F)(F)F)c1. The average Bonchev–Trinajstić information content (AvgIpc) is 2.15. The Morgan fingerprint density at radius 1 is 1.40 bits per heavy atom. The summed E-state index contributed by atoms with van der Waals surface area (Å²) in [5, 5.41) is 0. The molecule has 0 heterocycles. The van der Waals surface area contributed by atoms with Crippen molar-refractivity contribution in [2.75, 3.05) is 0 Å². The highest BCUT2D eigenvalue weighted by molar-refractivity contribution is 9.09. The Bertz CT molecular complexity index is 373. The van der Waals surface area contributed by atoms with Gasteiger partial charge in [0.25, 0.3) is 0 Å². The molecule has 1 nitrogen and oxygen atoms in total. The van der Waals surface area contributed by atoms with Crippen LogP contribution < -0.4 is 0 Å². The number of carbonyl (C=O) groups is 1. The summed E-state index contributed by atoms with van der Waals surface area (Å²) in [7, 11) is 0. The molecular weight excluding hydrogens is 273 g/mol. The molecule has 0 aromatic heterocycles. The van der Waals surface area contributed by atoms with E-state index in [1.807, 2.05) is 0 Å². The van der Waals surface area contributed by atoms with Crippen molar-refractivity contribution in [3.8, 4) is 0 Å². The van der Waals surface area contributed by atoms with Crippen LogP contribution >= 0.6 is 15.9 Å². The molecule has 0 aliphatic rings. The van der Waals surface area contributed by atoms with Gasteiger partial charge in [-0.25, -0.2) is 0 Å². The maximum absolute atomic E-state index is 12.3. The molecule has 5 heteroatoms. The quantitative estimate of drug-likeness (QED) is 0.755. The third-order valence-electron chi connectivity index (χ3n) is 1.86. The number of carbonyl (C=O) groups excluding carboxylic acids is 1. The molecule has 0 N–H and O–H groups in total. The number of ketones is 1. The van der Waals surface area contributed by atoms with Gasteiger partial charge in [0.1, 0.15) is 5.78 Å². The molecule has 0 saturated heterocycles. The second-order valence-electron chi connectivity index (χ2n) is 3.10. The molecule has 0 spiro atoms. The lowest BCUT2D eigenvalue weighted by Crippen LogP contribution is -2.07. The Labute approximate surface area is 93.4 Å². The van der Waals surface area contributed by atoms with Crippen LogP contribution in [0.5, 0.6) is 0 Å². The number of alkyl halides is 4. The zero-order chi connectivity index (χ0) is 11.6. The van der Waals surface area contributed by atoms with Gasteiger partial charge in [0.2, 0.25) is 0 Å². The second kappa shape index (κ2) is 4.35. The van der Waals surface area contributed by atoms with Crippen LogP contribution in [0.4, 0.5) is 13.2 Å². The molecule has 0 amide bonds. The van der Waals surface area contributed by atoms with E-state index in [4.69, 9.17) is 0 Å². The molecule has 82 valence electrons. The summed E-state index contributed by atoms with van der Waals surface area (Å²) in [6, 6.07) is 4.72. The molecule has 0 radical (unpaired) electrons. The lowest BCUT2D eigenvalue weighted by atomic mass is 10.1. The Hall–Kier alpha value is -0.840. The van der Waals surface area contributed by atoms with E-state index in [0.29, 0.717) is 5.56 Å². The molecule has 1 atom stereocenters. The first kappa shape index (κ1) is 12.2. The predicted octanol–water partition coefficient (Wildman–Crippen LogP) is 3.73. The summed E-state index contributed by atoms with van der Waals surface area (Å²) < 4.78 is 37.0. The van der Waals surface area contributed by atoms with Gasteiger partial charge in [-0.05, 0) is 18.6 Å². The van der Waals surface area contributed by atoms with E-state index in [1.165, 1.54) is 19.1 Å². The minimum atomic E-state index is -4.38. The molecule has 0 aliphatic carbocycles. The normalized spacial score (nSPS) is 13.7. The summed E-state index contributed by atoms with van der Waals surface area (Å²) >= 11 is 3.03. The maximum atomic E-state index is 12.3. The van der Waals surface area contributed by atoms with Crippen molar-refractivity contribution < 1.29 is 18.0 Å². The van der Waals surface area contributed by atoms with Crippen molar-refractivity contribution in [2.45, 2.75) is 17.9 Å². The smallest absolute Gasteiger partial charge is 0.298 e. The van der Waals surface area contributed by atoms with E-state index in [2.05, 4.69) is 15.9 Å². The van der Waals surface area contributed by atoms with Gasteiger partial charge in [-0.1, -0.05) is 34.1 Å². The van der Waals surface area contributed by atoms with Crippen LogP contribution in [-0.2, 0) is 11.0 Å². The Morgan fingerprint density at radius 2 is 2.00 bits per heavy atom. The van der Waals surface area contributed by atoms with Crippen molar-refractivity contribution in [1.82, 2.24) is 0 Å². The fraction of sp³-hybridized carbons (Fsp3) is 0.300. The van der Waals surface area contributed by atoms with Crippen LogP contribution in [0.1, 0.15) is 22.9 Å². The zero-order valence-electron chi connectivity index (χ0n) is 7.81. The van der Waals surface area contributed by atoms with Gasteiger partial charge >= 0.3 is 6.18 Å². The van der Waals surface area contributed by atoms with Crippen LogP contribution in [0.3, 0.4) is 0 Å². The molecule has 0 saturated carbocycles. The first-order chi connectivity index (χ1) is 6.82. The fourth-order valence-corrected chi connectivity index (χ4v) is 1.39.